The van der Waals surface area contributed by atoms with Crippen LogP contribution >= 0.6 is 0 Å². The number of nitrogens with zero attached hydrogens (tertiary/aromatic N) is 2. The molecule has 2 fully saturated rings. The van der Waals surface area contributed by atoms with Gasteiger partial charge in [-0.15, -0.1) is 0 Å². The number of aliphatic hydroxyl groups excluding tert-OH is 1. The average Bonchev–Trinajstić information content (AvgIpc) is 3.18. The summed E-state index contributed by atoms with van der Waals surface area (Å²) in [5.41, 5.74) is 1.12. The quantitative estimate of drug-likeness (QED) is 0.296. The van der Waals surface area contributed by atoms with Crippen molar-refractivity contribution in [1.82, 2.24) is 9.80 Å². The lowest BCUT2D eigenvalue weighted by Gasteiger charge is -2.31. The minimum Gasteiger partial charge on any atom is -0.507 e. The van der Waals surface area contributed by atoms with Crippen molar-refractivity contribution in [3.63, 3.8) is 0 Å². The molecular formula is C28H34N2O7. The van der Waals surface area contributed by atoms with Gasteiger partial charge in [-0.2, -0.15) is 0 Å². The molecule has 1 amide bonds. The summed E-state index contributed by atoms with van der Waals surface area (Å²) in [6, 6.07) is 11.3. The molecule has 2 heterocycles. The summed E-state index contributed by atoms with van der Waals surface area (Å²) in [6.07, 6.45) is 0. The summed E-state index contributed by atoms with van der Waals surface area (Å²) in [4.78, 5) is 30.4. The first-order valence-corrected chi connectivity index (χ1v) is 12.6. The highest BCUT2D eigenvalue weighted by Crippen LogP contribution is 2.42. The molecule has 2 aromatic rings. The monoisotopic (exact) mass is 510 g/mol. The summed E-state index contributed by atoms with van der Waals surface area (Å²) in [5, 5.41) is 11.3. The number of amides is 1. The first kappa shape index (κ1) is 26.5. The molecule has 2 aliphatic heterocycles. The van der Waals surface area contributed by atoms with E-state index in [1.807, 2.05) is 19.9 Å². The molecule has 0 bridgehead atoms. The predicted octanol–water partition coefficient (Wildman–Crippen LogP) is 3.25. The van der Waals surface area contributed by atoms with E-state index in [0.717, 1.165) is 13.1 Å². The van der Waals surface area contributed by atoms with Crippen LogP contribution in [0, 0.1) is 0 Å². The maximum atomic E-state index is 13.3. The van der Waals surface area contributed by atoms with E-state index in [-0.39, 0.29) is 11.3 Å². The van der Waals surface area contributed by atoms with Gasteiger partial charge in [0.1, 0.15) is 11.5 Å². The van der Waals surface area contributed by atoms with Crippen LogP contribution in [0.3, 0.4) is 0 Å². The molecule has 9 heteroatoms. The lowest BCUT2D eigenvalue weighted by molar-refractivity contribution is -0.140. The third-order valence-electron chi connectivity index (χ3n) is 6.55. The summed E-state index contributed by atoms with van der Waals surface area (Å²) in [5.74, 6) is 0.129. The Morgan fingerprint density at radius 1 is 0.973 bits per heavy atom. The Balaban J connectivity index is 1.77. The molecule has 0 aliphatic carbocycles. The van der Waals surface area contributed by atoms with Crippen molar-refractivity contribution in [2.24, 2.45) is 0 Å². The lowest BCUT2D eigenvalue weighted by atomic mass is 9.95. The molecule has 198 valence electrons. The average molecular weight is 511 g/mol. The number of benzene rings is 2. The van der Waals surface area contributed by atoms with E-state index < -0.39 is 17.7 Å². The highest BCUT2D eigenvalue weighted by molar-refractivity contribution is 6.46. The van der Waals surface area contributed by atoms with E-state index in [1.54, 1.807) is 43.5 Å². The standard InChI is InChI=1S/C28H34N2O7/c1-4-36-22-11-8-20(18-23(22)37-5-2)25-24(26(31)19-6-9-21(34-3)10-7-19)27(32)28(33)30(25)13-12-29-14-16-35-17-15-29/h6-11,18,25,31H,4-5,12-17H2,1-3H3/b26-24+/t25-/m1/s1. The second-order valence-electron chi connectivity index (χ2n) is 8.75. The van der Waals surface area contributed by atoms with Gasteiger partial charge in [-0.05, 0) is 55.8 Å². The van der Waals surface area contributed by atoms with E-state index in [1.165, 1.54) is 4.90 Å². The van der Waals surface area contributed by atoms with Gasteiger partial charge in [0.15, 0.2) is 11.5 Å². The number of carbonyl (C=O) groups excluding carboxylic acids is 2. The Morgan fingerprint density at radius 3 is 2.30 bits per heavy atom. The number of ketones is 1. The Hall–Kier alpha value is -3.56. The van der Waals surface area contributed by atoms with Crippen LogP contribution in [0.25, 0.3) is 5.76 Å². The second-order valence-corrected chi connectivity index (χ2v) is 8.75. The molecule has 0 unspecified atom stereocenters. The third-order valence-corrected chi connectivity index (χ3v) is 6.55. The third kappa shape index (κ3) is 5.73. The first-order chi connectivity index (χ1) is 18.0. The van der Waals surface area contributed by atoms with Crippen LogP contribution in [0.15, 0.2) is 48.0 Å². The molecular weight excluding hydrogens is 476 g/mol. The van der Waals surface area contributed by atoms with Gasteiger partial charge >= 0.3 is 0 Å². The number of rotatable bonds is 10. The highest BCUT2D eigenvalue weighted by Gasteiger charge is 2.46. The van der Waals surface area contributed by atoms with Gasteiger partial charge in [-0.1, -0.05) is 6.07 Å². The van der Waals surface area contributed by atoms with Crippen LogP contribution < -0.4 is 14.2 Å². The molecule has 1 atom stereocenters. The molecule has 9 nitrogen and oxygen atoms in total. The van der Waals surface area contributed by atoms with Crippen molar-refractivity contribution in [1.29, 1.82) is 0 Å². The fraction of sp³-hybridized carbons (Fsp3) is 0.429. The summed E-state index contributed by atoms with van der Waals surface area (Å²) in [7, 11) is 1.55. The van der Waals surface area contributed by atoms with Gasteiger partial charge in [0.2, 0.25) is 0 Å². The van der Waals surface area contributed by atoms with E-state index in [9.17, 15) is 14.7 Å². The molecule has 1 N–H and O–H groups in total. The maximum absolute atomic E-state index is 13.3. The van der Waals surface area contributed by atoms with Crippen molar-refractivity contribution in [3.05, 3.63) is 59.2 Å². The molecule has 0 aromatic heterocycles. The van der Waals surface area contributed by atoms with Crippen LogP contribution in [0.2, 0.25) is 0 Å². The highest BCUT2D eigenvalue weighted by atomic mass is 16.5. The van der Waals surface area contributed by atoms with Gasteiger partial charge in [0, 0.05) is 31.7 Å². The van der Waals surface area contributed by atoms with Crippen LogP contribution in [0.1, 0.15) is 31.0 Å². The zero-order valence-corrected chi connectivity index (χ0v) is 21.6. The molecule has 0 radical (unpaired) electrons. The first-order valence-electron chi connectivity index (χ1n) is 12.6. The van der Waals surface area contributed by atoms with E-state index >= 15 is 0 Å². The number of likely N-dealkylation sites (tertiary alicyclic amines) is 1. The van der Waals surface area contributed by atoms with E-state index in [0.29, 0.717) is 67.9 Å². The largest absolute Gasteiger partial charge is 0.507 e. The Kier molecular flexibility index (Phi) is 8.68. The smallest absolute Gasteiger partial charge is 0.295 e. The molecule has 2 aromatic carbocycles. The van der Waals surface area contributed by atoms with Crippen molar-refractivity contribution in [3.8, 4) is 17.2 Å². The molecule has 4 rings (SSSR count). The fourth-order valence-electron chi connectivity index (χ4n) is 4.67. The number of hydrogen-bond donors (Lipinski definition) is 1. The maximum Gasteiger partial charge on any atom is 0.295 e. The Morgan fingerprint density at radius 2 is 1.65 bits per heavy atom. The minimum atomic E-state index is -0.780. The molecule has 0 spiro atoms. The summed E-state index contributed by atoms with van der Waals surface area (Å²) >= 11 is 0. The van der Waals surface area contributed by atoms with Crippen molar-refractivity contribution < 1.29 is 33.6 Å². The van der Waals surface area contributed by atoms with Crippen LogP contribution in [-0.2, 0) is 14.3 Å². The van der Waals surface area contributed by atoms with Crippen molar-refractivity contribution in [2.75, 3.05) is 59.7 Å². The number of methoxy groups -OCH3 is 1. The number of ether oxygens (including phenoxy) is 4. The number of hydrogen-bond acceptors (Lipinski definition) is 8. The number of carbonyl (C=O) groups is 2. The molecule has 2 aliphatic rings. The minimum absolute atomic E-state index is 0.0451. The van der Waals surface area contributed by atoms with Crippen LogP contribution in [0.4, 0.5) is 0 Å². The zero-order chi connectivity index (χ0) is 26.4. The number of Topliss-reactive ketones (excluding diaryl/α,β-unsaturated/α-hetero) is 1. The topological polar surface area (TPSA) is 97.8 Å². The number of morpholine rings is 1. The van der Waals surface area contributed by atoms with Crippen molar-refractivity contribution in [2.45, 2.75) is 19.9 Å². The van der Waals surface area contributed by atoms with Gasteiger partial charge in [-0.25, -0.2) is 0 Å². The SMILES string of the molecule is CCOc1ccc([C@@H]2/C(=C(\O)c3ccc(OC)cc3)C(=O)C(=O)N2CCN2CCOCC2)cc1OCC. The Labute approximate surface area is 217 Å². The van der Waals surface area contributed by atoms with Crippen LogP contribution in [0.5, 0.6) is 17.2 Å². The second kappa shape index (κ2) is 12.1. The zero-order valence-electron chi connectivity index (χ0n) is 21.6. The Bertz CT molecular complexity index is 1140. The van der Waals surface area contributed by atoms with Crippen LogP contribution in [-0.4, -0.2) is 86.3 Å². The summed E-state index contributed by atoms with van der Waals surface area (Å²) < 4.78 is 22.2. The fourth-order valence-corrected chi connectivity index (χ4v) is 4.67. The molecule has 0 saturated carbocycles. The van der Waals surface area contributed by atoms with E-state index in [4.69, 9.17) is 18.9 Å². The van der Waals surface area contributed by atoms with Gasteiger partial charge < -0.3 is 29.0 Å². The normalized spacial score (nSPS) is 19.8. The van der Waals surface area contributed by atoms with Gasteiger partial charge in [0.25, 0.3) is 11.7 Å². The number of aliphatic hydroxyl groups is 1. The lowest BCUT2D eigenvalue weighted by Crippen LogP contribution is -2.42. The molecule has 2 saturated heterocycles. The van der Waals surface area contributed by atoms with Gasteiger partial charge in [0.05, 0.1) is 45.2 Å². The van der Waals surface area contributed by atoms with Gasteiger partial charge in [-0.3, -0.25) is 14.5 Å². The van der Waals surface area contributed by atoms with E-state index in [2.05, 4.69) is 4.90 Å². The molecule has 37 heavy (non-hydrogen) atoms. The predicted molar refractivity (Wildman–Crippen MR) is 138 cm³/mol. The van der Waals surface area contributed by atoms with Crippen molar-refractivity contribution >= 4 is 17.4 Å². The summed E-state index contributed by atoms with van der Waals surface area (Å²) in [6.45, 7) is 8.36.